The molecule has 2 N–H and O–H groups in total. The van der Waals surface area contributed by atoms with Crippen molar-refractivity contribution < 1.29 is 9.53 Å². The molecule has 6 heteroatoms. The summed E-state index contributed by atoms with van der Waals surface area (Å²) in [5.41, 5.74) is 0.821. The van der Waals surface area contributed by atoms with E-state index in [2.05, 4.69) is 15.6 Å². The molecule has 5 nitrogen and oxygen atoms in total. The van der Waals surface area contributed by atoms with Crippen molar-refractivity contribution in [3.05, 3.63) is 65.8 Å². The number of benzene rings is 2. The standard InChI is InChI=1S/C22H22ClN3O2/c23-16-8-13-21(24-14-16)28-18-11-9-17(10-12-18)25-22(27)26-20-7-3-5-15-4-1-2-6-19(15)20/h1-8,13-14,17-18H,9-12H2,(H2,25,26,27). The second-order valence-electron chi connectivity index (χ2n) is 7.03. The lowest BCUT2D eigenvalue weighted by molar-refractivity contribution is 0.135. The van der Waals surface area contributed by atoms with Crippen molar-refractivity contribution >= 4 is 34.1 Å². The third-order valence-corrected chi connectivity index (χ3v) is 5.26. The fourth-order valence-corrected chi connectivity index (χ4v) is 3.72. The maximum absolute atomic E-state index is 12.5. The molecule has 144 valence electrons. The second kappa shape index (κ2) is 8.48. The van der Waals surface area contributed by atoms with Crippen LogP contribution in [-0.2, 0) is 0 Å². The van der Waals surface area contributed by atoms with E-state index in [1.165, 1.54) is 0 Å². The predicted molar refractivity (Wildman–Crippen MR) is 112 cm³/mol. The van der Waals surface area contributed by atoms with Crippen molar-refractivity contribution in [1.82, 2.24) is 10.3 Å². The van der Waals surface area contributed by atoms with E-state index in [0.717, 1.165) is 42.1 Å². The molecule has 3 aromatic rings. The van der Waals surface area contributed by atoms with Crippen LogP contribution in [-0.4, -0.2) is 23.2 Å². The Bertz CT molecular complexity index is 948. The number of halogens is 1. The van der Waals surface area contributed by atoms with Crippen LogP contribution in [0.15, 0.2) is 60.8 Å². The lowest BCUT2D eigenvalue weighted by Gasteiger charge is -2.29. The smallest absolute Gasteiger partial charge is 0.319 e. The molecular weight excluding hydrogens is 374 g/mol. The number of anilines is 1. The maximum atomic E-state index is 12.5. The van der Waals surface area contributed by atoms with Gasteiger partial charge in [0.15, 0.2) is 0 Å². The first-order valence-electron chi connectivity index (χ1n) is 9.51. The van der Waals surface area contributed by atoms with Gasteiger partial charge in [0, 0.05) is 23.7 Å². The highest BCUT2D eigenvalue weighted by Gasteiger charge is 2.24. The molecule has 0 radical (unpaired) electrons. The normalized spacial score (nSPS) is 19.2. The van der Waals surface area contributed by atoms with E-state index in [-0.39, 0.29) is 18.2 Å². The number of rotatable bonds is 4. The molecule has 1 fully saturated rings. The number of carbonyl (C=O) groups excluding carboxylic acids is 1. The van der Waals surface area contributed by atoms with Crippen LogP contribution in [0, 0.1) is 0 Å². The molecule has 28 heavy (non-hydrogen) atoms. The molecule has 1 saturated carbocycles. The highest BCUT2D eigenvalue weighted by Crippen LogP contribution is 2.25. The molecule has 4 rings (SSSR count). The Kier molecular flexibility index (Phi) is 5.63. The minimum atomic E-state index is -0.167. The minimum Gasteiger partial charge on any atom is -0.474 e. The highest BCUT2D eigenvalue weighted by molar-refractivity contribution is 6.30. The molecule has 1 aliphatic carbocycles. The third kappa shape index (κ3) is 4.54. The van der Waals surface area contributed by atoms with Crippen molar-refractivity contribution in [2.75, 3.05) is 5.32 Å². The first kappa shape index (κ1) is 18.6. The summed E-state index contributed by atoms with van der Waals surface area (Å²) >= 11 is 5.85. The lowest BCUT2D eigenvalue weighted by Crippen LogP contribution is -2.41. The number of carbonyl (C=O) groups is 1. The van der Waals surface area contributed by atoms with Gasteiger partial charge in [0.05, 0.1) is 10.7 Å². The van der Waals surface area contributed by atoms with Crippen LogP contribution in [0.2, 0.25) is 5.02 Å². The van der Waals surface area contributed by atoms with Crippen LogP contribution in [0.4, 0.5) is 10.5 Å². The van der Waals surface area contributed by atoms with Crippen LogP contribution >= 0.6 is 11.6 Å². The van der Waals surface area contributed by atoms with Gasteiger partial charge in [-0.2, -0.15) is 0 Å². The second-order valence-corrected chi connectivity index (χ2v) is 7.47. The molecule has 0 bridgehead atoms. The number of amides is 2. The van der Waals surface area contributed by atoms with Crippen molar-refractivity contribution in [2.45, 2.75) is 37.8 Å². The van der Waals surface area contributed by atoms with Gasteiger partial charge in [-0.25, -0.2) is 9.78 Å². The van der Waals surface area contributed by atoms with E-state index in [1.54, 1.807) is 18.3 Å². The Labute approximate surface area is 169 Å². The molecule has 0 spiro atoms. The van der Waals surface area contributed by atoms with E-state index >= 15 is 0 Å². The number of urea groups is 1. The van der Waals surface area contributed by atoms with Crippen LogP contribution < -0.4 is 15.4 Å². The molecule has 0 atom stereocenters. The largest absolute Gasteiger partial charge is 0.474 e. The third-order valence-electron chi connectivity index (χ3n) is 5.03. The topological polar surface area (TPSA) is 63.2 Å². The monoisotopic (exact) mass is 395 g/mol. The summed E-state index contributed by atoms with van der Waals surface area (Å²) in [5.74, 6) is 0.592. The number of aromatic nitrogens is 1. The maximum Gasteiger partial charge on any atom is 0.319 e. The number of pyridine rings is 1. The zero-order chi connectivity index (χ0) is 19.3. The Morgan fingerprint density at radius 2 is 1.79 bits per heavy atom. The summed E-state index contributed by atoms with van der Waals surface area (Å²) in [5, 5.41) is 8.81. The summed E-state index contributed by atoms with van der Waals surface area (Å²) in [7, 11) is 0. The number of nitrogens with one attached hydrogen (secondary N) is 2. The van der Waals surface area contributed by atoms with Crippen LogP contribution in [0.5, 0.6) is 5.88 Å². The van der Waals surface area contributed by atoms with Gasteiger partial charge in [-0.3, -0.25) is 0 Å². The zero-order valence-corrected chi connectivity index (χ0v) is 16.2. The first-order chi connectivity index (χ1) is 13.7. The molecule has 1 heterocycles. The Hall–Kier alpha value is -2.79. The van der Waals surface area contributed by atoms with Gasteiger partial charge in [-0.15, -0.1) is 0 Å². The van der Waals surface area contributed by atoms with Crippen LogP contribution in [0.25, 0.3) is 10.8 Å². The van der Waals surface area contributed by atoms with E-state index in [1.807, 2.05) is 42.5 Å². The zero-order valence-electron chi connectivity index (χ0n) is 15.4. The quantitative estimate of drug-likeness (QED) is 0.621. The molecule has 2 aromatic carbocycles. The summed E-state index contributed by atoms with van der Waals surface area (Å²) in [6.07, 6.45) is 5.21. The summed E-state index contributed by atoms with van der Waals surface area (Å²) < 4.78 is 5.91. The van der Waals surface area contributed by atoms with Crippen LogP contribution in [0.1, 0.15) is 25.7 Å². The van der Waals surface area contributed by atoms with Crippen molar-refractivity contribution in [1.29, 1.82) is 0 Å². The first-order valence-corrected chi connectivity index (χ1v) is 9.89. The molecule has 1 aromatic heterocycles. The summed E-state index contributed by atoms with van der Waals surface area (Å²) in [6.45, 7) is 0. The molecule has 0 aliphatic heterocycles. The number of fused-ring (bicyclic) bond motifs is 1. The van der Waals surface area contributed by atoms with E-state index < -0.39 is 0 Å². The molecule has 2 amide bonds. The average molecular weight is 396 g/mol. The van der Waals surface area contributed by atoms with Gasteiger partial charge in [-0.05, 0) is 43.2 Å². The molecular formula is C22H22ClN3O2. The molecule has 0 unspecified atom stereocenters. The van der Waals surface area contributed by atoms with E-state index in [9.17, 15) is 4.79 Å². The predicted octanol–water partition coefficient (Wildman–Crippen LogP) is 5.40. The van der Waals surface area contributed by atoms with E-state index in [4.69, 9.17) is 16.3 Å². The van der Waals surface area contributed by atoms with Gasteiger partial charge >= 0.3 is 6.03 Å². The van der Waals surface area contributed by atoms with E-state index in [0.29, 0.717) is 10.9 Å². The molecule has 1 aliphatic rings. The van der Waals surface area contributed by atoms with Crippen molar-refractivity contribution in [3.63, 3.8) is 0 Å². The Balaban J connectivity index is 1.28. The SMILES string of the molecule is O=C(Nc1cccc2ccccc12)NC1CCC(Oc2ccc(Cl)cn2)CC1. The Morgan fingerprint density at radius 3 is 2.57 bits per heavy atom. The lowest BCUT2D eigenvalue weighted by atomic mass is 9.93. The van der Waals surface area contributed by atoms with Gasteiger partial charge < -0.3 is 15.4 Å². The van der Waals surface area contributed by atoms with Gasteiger partial charge in [0.1, 0.15) is 6.10 Å². The highest BCUT2D eigenvalue weighted by atomic mass is 35.5. The number of hydrogen-bond donors (Lipinski definition) is 2. The fraction of sp³-hybridized carbons (Fsp3) is 0.273. The number of ether oxygens (including phenoxy) is 1. The summed E-state index contributed by atoms with van der Waals surface area (Å²) in [6, 6.07) is 17.5. The number of nitrogens with zero attached hydrogens (tertiary/aromatic N) is 1. The fourth-order valence-electron chi connectivity index (χ4n) is 3.61. The van der Waals surface area contributed by atoms with Gasteiger partial charge in [-0.1, -0.05) is 48.0 Å². The van der Waals surface area contributed by atoms with Crippen molar-refractivity contribution in [3.8, 4) is 5.88 Å². The van der Waals surface area contributed by atoms with Crippen LogP contribution in [0.3, 0.4) is 0 Å². The van der Waals surface area contributed by atoms with Gasteiger partial charge in [0.2, 0.25) is 5.88 Å². The summed E-state index contributed by atoms with van der Waals surface area (Å²) in [4.78, 5) is 16.6. The van der Waals surface area contributed by atoms with Crippen molar-refractivity contribution in [2.24, 2.45) is 0 Å². The Morgan fingerprint density at radius 1 is 1.00 bits per heavy atom. The number of hydrogen-bond acceptors (Lipinski definition) is 3. The average Bonchev–Trinajstić information content (AvgIpc) is 2.71. The van der Waals surface area contributed by atoms with Gasteiger partial charge in [0.25, 0.3) is 0 Å². The minimum absolute atomic E-state index is 0.118. The molecule has 0 saturated heterocycles.